The third-order valence-corrected chi connectivity index (χ3v) is 4.71. The van der Waals surface area contributed by atoms with Crippen molar-refractivity contribution >= 4 is 5.91 Å². The molecule has 1 aliphatic rings. The van der Waals surface area contributed by atoms with Crippen molar-refractivity contribution in [1.29, 1.82) is 0 Å². The molecule has 1 fully saturated rings. The lowest BCUT2D eigenvalue weighted by atomic mass is 10.1. The number of pyridine rings is 1. The highest BCUT2D eigenvalue weighted by Gasteiger charge is 2.34. The first-order valence-electron chi connectivity index (χ1n) is 8.01. The quantitative estimate of drug-likeness (QED) is 0.908. The maximum absolute atomic E-state index is 12.6. The Morgan fingerprint density at radius 3 is 2.59 bits per heavy atom. The highest BCUT2D eigenvalue weighted by Crippen LogP contribution is 2.27. The van der Waals surface area contributed by atoms with Crippen molar-refractivity contribution in [1.82, 2.24) is 15.2 Å². The molecule has 1 aromatic heterocycles. The molecule has 1 aromatic rings. The zero-order valence-electron chi connectivity index (χ0n) is 14.2. The summed E-state index contributed by atoms with van der Waals surface area (Å²) in [6, 6.07) is 2.57. The number of hydrogen-bond acceptors (Lipinski definition) is 4. The molecule has 2 rings (SSSR count). The Kier molecular flexibility index (Phi) is 5.40. The molecule has 4 atom stereocenters. The molecule has 1 N–H and O–H groups in total. The Balaban J connectivity index is 2.04. The summed E-state index contributed by atoms with van der Waals surface area (Å²) < 4.78 is 5.32. The number of rotatable bonds is 5. The van der Waals surface area contributed by atoms with Gasteiger partial charge in [0.05, 0.1) is 25.4 Å². The van der Waals surface area contributed by atoms with Crippen LogP contribution in [0.1, 0.15) is 52.1 Å². The topological polar surface area (TPSA) is 54.5 Å². The number of carbonyl (C=O) groups is 1. The Hall–Kier alpha value is -1.62. The predicted molar refractivity (Wildman–Crippen MR) is 86.8 cm³/mol. The summed E-state index contributed by atoms with van der Waals surface area (Å²) in [5, 5.41) is 3.10. The van der Waals surface area contributed by atoms with Crippen molar-refractivity contribution in [3.63, 3.8) is 0 Å². The monoisotopic (exact) mass is 305 g/mol. The van der Waals surface area contributed by atoms with Gasteiger partial charge in [0, 0.05) is 23.8 Å². The van der Waals surface area contributed by atoms with Gasteiger partial charge >= 0.3 is 0 Å². The van der Waals surface area contributed by atoms with Crippen molar-refractivity contribution in [2.45, 2.75) is 64.7 Å². The lowest BCUT2D eigenvalue weighted by molar-refractivity contribution is -0.127. The van der Waals surface area contributed by atoms with E-state index in [1.807, 2.05) is 19.9 Å². The normalized spacial score (nSPS) is 24.8. The number of methoxy groups -OCH3 is 1. The number of amides is 1. The van der Waals surface area contributed by atoms with E-state index >= 15 is 0 Å². The van der Waals surface area contributed by atoms with Gasteiger partial charge in [-0.15, -0.1) is 0 Å². The SMILES string of the molecule is COc1cnccc1C(C)NC(=O)C(C)N1C(C)CCC1C. The zero-order valence-corrected chi connectivity index (χ0v) is 14.2. The Morgan fingerprint density at radius 2 is 2.00 bits per heavy atom. The van der Waals surface area contributed by atoms with Crippen LogP contribution in [0.2, 0.25) is 0 Å². The Bertz CT molecular complexity index is 510. The van der Waals surface area contributed by atoms with Gasteiger partial charge in [-0.2, -0.15) is 0 Å². The van der Waals surface area contributed by atoms with E-state index in [0.717, 1.165) is 18.4 Å². The number of hydrogen-bond donors (Lipinski definition) is 1. The summed E-state index contributed by atoms with van der Waals surface area (Å²) in [7, 11) is 1.62. The van der Waals surface area contributed by atoms with Gasteiger partial charge in [-0.1, -0.05) is 0 Å². The van der Waals surface area contributed by atoms with E-state index in [0.29, 0.717) is 17.8 Å². The van der Waals surface area contributed by atoms with Gasteiger partial charge in [-0.3, -0.25) is 14.7 Å². The molecule has 2 heterocycles. The van der Waals surface area contributed by atoms with Gasteiger partial charge in [0.2, 0.25) is 5.91 Å². The van der Waals surface area contributed by atoms with E-state index in [1.165, 1.54) is 0 Å². The first kappa shape index (κ1) is 16.7. The van der Waals surface area contributed by atoms with Gasteiger partial charge in [0.25, 0.3) is 0 Å². The molecule has 1 aliphatic heterocycles. The van der Waals surface area contributed by atoms with E-state index in [1.54, 1.807) is 19.5 Å². The standard InChI is InChI=1S/C17H27N3O2/c1-11-6-7-12(2)20(11)14(4)17(21)19-13(3)15-8-9-18-10-16(15)22-5/h8-14H,6-7H2,1-5H3,(H,19,21). The van der Waals surface area contributed by atoms with Gasteiger partial charge in [0.15, 0.2) is 0 Å². The van der Waals surface area contributed by atoms with Crippen LogP contribution < -0.4 is 10.1 Å². The maximum Gasteiger partial charge on any atom is 0.237 e. The average Bonchev–Trinajstić information content (AvgIpc) is 2.85. The van der Waals surface area contributed by atoms with Crippen molar-refractivity contribution in [2.75, 3.05) is 7.11 Å². The molecule has 1 saturated heterocycles. The van der Waals surface area contributed by atoms with Gasteiger partial charge in [-0.05, 0) is 46.6 Å². The molecule has 5 heteroatoms. The first-order chi connectivity index (χ1) is 10.5. The van der Waals surface area contributed by atoms with Gasteiger partial charge in [-0.25, -0.2) is 0 Å². The molecule has 0 aromatic carbocycles. The molecule has 0 radical (unpaired) electrons. The van der Waals surface area contributed by atoms with Crippen LogP contribution in [0, 0.1) is 0 Å². The highest BCUT2D eigenvalue weighted by molar-refractivity contribution is 5.82. The molecule has 0 spiro atoms. The summed E-state index contributed by atoms with van der Waals surface area (Å²) >= 11 is 0. The molecular weight excluding hydrogens is 278 g/mol. The number of nitrogens with one attached hydrogen (secondary N) is 1. The average molecular weight is 305 g/mol. The van der Waals surface area contributed by atoms with Crippen LogP contribution in [0.5, 0.6) is 5.75 Å². The minimum absolute atomic E-state index is 0.0620. The Morgan fingerprint density at radius 1 is 1.36 bits per heavy atom. The van der Waals surface area contributed by atoms with Crippen LogP contribution >= 0.6 is 0 Å². The summed E-state index contributed by atoms with van der Waals surface area (Å²) in [6.07, 6.45) is 5.71. The fourth-order valence-corrected chi connectivity index (χ4v) is 3.44. The van der Waals surface area contributed by atoms with Crippen molar-refractivity contribution in [3.05, 3.63) is 24.0 Å². The fraction of sp³-hybridized carbons (Fsp3) is 0.647. The molecular formula is C17H27N3O2. The molecule has 22 heavy (non-hydrogen) atoms. The molecule has 122 valence electrons. The molecule has 5 nitrogen and oxygen atoms in total. The summed E-state index contributed by atoms with van der Waals surface area (Å²) in [5.74, 6) is 0.762. The molecule has 1 amide bonds. The highest BCUT2D eigenvalue weighted by atomic mass is 16.5. The minimum atomic E-state index is -0.122. The molecule has 0 saturated carbocycles. The van der Waals surface area contributed by atoms with E-state index < -0.39 is 0 Å². The Labute approximate surface area is 133 Å². The van der Waals surface area contributed by atoms with Crippen LogP contribution in [-0.4, -0.2) is 41.0 Å². The number of carbonyl (C=O) groups excluding carboxylic acids is 1. The summed E-state index contributed by atoms with van der Waals surface area (Å²) in [4.78, 5) is 19.0. The summed E-state index contributed by atoms with van der Waals surface area (Å²) in [6.45, 7) is 8.36. The number of aromatic nitrogens is 1. The number of nitrogens with zero attached hydrogens (tertiary/aromatic N) is 2. The van der Waals surface area contributed by atoms with E-state index in [2.05, 4.69) is 29.0 Å². The van der Waals surface area contributed by atoms with Crippen LogP contribution in [0.15, 0.2) is 18.5 Å². The van der Waals surface area contributed by atoms with Crippen LogP contribution in [-0.2, 0) is 4.79 Å². The molecule has 0 aliphatic carbocycles. The lowest BCUT2D eigenvalue weighted by Gasteiger charge is -2.32. The maximum atomic E-state index is 12.6. The first-order valence-corrected chi connectivity index (χ1v) is 8.01. The van der Waals surface area contributed by atoms with E-state index in [-0.39, 0.29) is 18.0 Å². The second kappa shape index (κ2) is 7.09. The second-order valence-corrected chi connectivity index (χ2v) is 6.25. The fourth-order valence-electron chi connectivity index (χ4n) is 3.44. The van der Waals surface area contributed by atoms with Gasteiger partial charge < -0.3 is 10.1 Å². The third kappa shape index (κ3) is 3.40. The molecule has 4 unspecified atom stereocenters. The second-order valence-electron chi connectivity index (χ2n) is 6.25. The third-order valence-electron chi connectivity index (χ3n) is 4.71. The van der Waals surface area contributed by atoms with Crippen molar-refractivity contribution in [3.8, 4) is 5.75 Å². The van der Waals surface area contributed by atoms with Crippen molar-refractivity contribution in [2.24, 2.45) is 0 Å². The number of likely N-dealkylation sites (tertiary alicyclic amines) is 1. The molecule has 0 bridgehead atoms. The minimum Gasteiger partial charge on any atom is -0.495 e. The van der Waals surface area contributed by atoms with Crippen LogP contribution in [0.4, 0.5) is 0 Å². The number of ether oxygens (including phenoxy) is 1. The smallest absolute Gasteiger partial charge is 0.237 e. The lowest BCUT2D eigenvalue weighted by Crippen LogP contribution is -2.49. The van der Waals surface area contributed by atoms with Crippen LogP contribution in [0.25, 0.3) is 0 Å². The van der Waals surface area contributed by atoms with Gasteiger partial charge in [0.1, 0.15) is 5.75 Å². The van der Waals surface area contributed by atoms with Crippen molar-refractivity contribution < 1.29 is 9.53 Å². The predicted octanol–water partition coefficient (Wildman–Crippen LogP) is 2.53. The van der Waals surface area contributed by atoms with Crippen LogP contribution in [0.3, 0.4) is 0 Å². The summed E-state index contributed by atoms with van der Waals surface area (Å²) in [5.41, 5.74) is 0.945. The van der Waals surface area contributed by atoms with E-state index in [9.17, 15) is 4.79 Å². The largest absolute Gasteiger partial charge is 0.495 e. The zero-order chi connectivity index (χ0) is 16.3. The van der Waals surface area contributed by atoms with E-state index in [4.69, 9.17) is 4.74 Å².